The van der Waals surface area contributed by atoms with E-state index in [-0.39, 0.29) is 17.5 Å². The molecule has 0 radical (unpaired) electrons. The van der Waals surface area contributed by atoms with Crippen LogP contribution in [0, 0.1) is 11.8 Å². The fraction of sp³-hybridized carbons (Fsp3) is 0.429. The Bertz CT molecular complexity index is 610. The third kappa shape index (κ3) is 4.05. The van der Waals surface area contributed by atoms with Gasteiger partial charge in [-0.3, -0.25) is 0 Å². The van der Waals surface area contributed by atoms with Gasteiger partial charge >= 0.3 is 0 Å². The van der Waals surface area contributed by atoms with Gasteiger partial charge < -0.3 is 9.84 Å². The largest absolute Gasteiger partial charge is 0.384 e. The molecule has 20 heavy (non-hydrogen) atoms. The number of aliphatic hydroxyl groups excluding tert-OH is 1. The predicted molar refractivity (Wildman–Crippen MR) is 74.6 cm³/mol. The highest BCUT2D eigenvalue weighted by atomic mass is 32.2. The molecule has 1 aromatic rings. The van der Waals surface area contributed by atoms with Crippen molar-refractivity contribution in [1.29, 1.82) is 0 Å². The Kier molecular flexibility index (Phi) is 5.15. The molecule has 0 atom stereocenters. The van der Waals surface area contributed by atoms with Gasteiger partial charge in [0.2, 0.25) is 10.0 Å². The van der Waals surface area contributed by atoms with Crippen LogP contribution in [0.5, 0.6) is 0 Å². The van der Waals surface area contributed by atoms with Gasteiger partial charge in [-0.2, -0.15) is 0 Å². The van der Waals surface area contributed by atoms with E-state index in [4.69, 9.17) is 9.84 Å². The van der Waals surface area contributed by atoms with E-state index in [1.165, 1.54) is 12.1 Å². The van der Waals surface area contributed by atoms with Crippen molar-refractivity contribution in [3.63, 3.8) is 0 Å². The van der Waals surface area contributed by atoms with Crippen molar-refractivity contribution in [3.05, 3.63) is 29.8 Å². The van der Waals surface area contributed by atoms with E-state index in [1.54, 1.807) is 12.1 Å². The summed E-state index contributed by atoms with van der Waals surface area (Å²) in [6, 6.07) is 6.30. The lowest BCUT2D eigenvalue weighted by atomic mass is 10.1. The highest BCUT2D eigenvalue weighted by Gasteiger charge is 2.22. The minimum atomic E-state index is -3.54. The van der Waals surface area contributed by atoms with Crippen LogP contribution < -0.4 is 4.72 Å². The molecule has 0 amide bonds. The van der Waals surface area contributed by atoms with Gasteiger partial charge in [-0.25, -0.2) is 13.1 Å². The molecule has 1 aliphatic heterocycles. The Morgan fingerprint density at radius 1 is 1.35 bits per heavy atom. The lowest BCUT2D eigenvalue weighted by Crippen LogP contribution is -2.38. The van der Waals surface area contributed by atoms with Gasteiger partial charge in [0.15, 0.2) is 0 Å². The highest BCUT2D eigenvalue weighted by molar-refractivity contribution is 7.89. The van der Waals surface area contributed by atoms with Crippen molar-refractivity contribution in [2.24, 2.45) is 0 Å². The number of hydrogen-bond donors (Lipinski definition) is 2. The first-order chi connectivity index (χ1) is 9.62. The van der Waals surface area contributed by atoms with Gasteiger partial charge in [-0.1, -0.05) is 17.9 Å². The van der Waals surface area contributed by atoms with Crippen LogP contribution in [0.15, 0.2) is 29.2 Å². The first-order valence-electron chi connectivity index (χ1n) is 6.42. The molecule has 0 aliphatic carbocycles. The molecule has 0 aromatic heterocycles. The second-order valence-corrected chi connectivity index (χ2v) is 6.21. The van der Waals surface area contributed by atoms with E-state index in [9.17, 15) is 8.42 Å². The topological polar surface area (TPSA) is 75.6 Å². The van der Waals surface area contributed by atoms with Gasteiger partial charge in [0.05, 0.1) is 4.90 Å². The Balaban J connectivity index is 2.16. The summed E-state index contributed by atoms with van der Waals surface area (Å²) in [5, 5.41) is 8.66. The normalized spacial score (nSPS) is 16.4. The summed E-state index contributed by atoms with van der Waals surface area (Å²) in [4.78, 5) is 0.189. The number of nitrogens with one attached hydrogen (secondary N) is 1. The summed E-state index contributed by atoms with van der Waals surface area (Å²) in [7, 11) is -3.54. The molecule has 108 valence electrons. The predicted octanol–water partition coefficient (Wildman–Crippen LogP) is 0.488. The second-order valence-electron chi connectivity index (χ2n) is 4.50. The number of sulfonamides is 1. The van der Waals surface area contributed by atoms with Crippen LogP contribution in [-0.4, -0.2) is 39.4 Å². The number of rotatable bonds is 3. The third-order valence-corrected chi connectivity index (χ3v) is 4.52. The van der Waals surface area contributed by atoms with Gasteiger partial charge in [0, 0.05) is 24.8 Å². The Morgan fingerprint density at radius 2 is 2.10 bits per heavy atom. The standard InChI is InChI=1S/C14H17NO4S/c16-8-2-4-12-3-1-5-14(11-12)20(17,18)15-13-6-9-19-10-7-13/h1,3,5,11,13,15-16H,6-10H2. The second kappa shape index (κ2) is 6.86. The maximum Gasteiger partial charge on any atom is 0.240 e. The molecule has 0 saturated carbocycles. The third-order valence-electron chi connectivity index (χ3n) is 3.00. The zero-order valence-corrected chi connectivity index (χ0v) is 11.8. The van der Waals surface area contributed by atoms with Gasteiger partial charge in [0.25, 0.3) is 0 Å². The van der Waals surface area contributed by atoms with Crippen LogP contribution in [0.3, 0.4) is 0 Å². The molecule has 0 bridgehead atoms. The van der Waals surface area contributed by atoms with Gasteiger partial charge in [-0.05, 0) is 31.0 Å². The molecule has 2 rings (SSSR count). The maximum absolute atomic E-state index is 12.3. The number of ether oxygens (including phenoxy) is 1. The van der Waals surface area contributed by atoms with Crippen LogP contribution in [0.4, 0.5) is 0 Å². The Hall–Kier alpha value is -1.39. The maximum atomic E-state index is 12.3. The molecule has 1 fully saturated rings. The molecule has 1 aliphatic rings. The summed E-state index contributed by atoms with van der Waals surface area (Å²) in [5.74, 6) is 5.20. The summed E-state index contributed by atoms with van der Waals surface area (Å²) in [5.41, 5.74) is 0.564. The molecule has 0 unspecified atom stereocenters. The molecule has 0 spiro atoms. The molecule has 5 nitrogen and oxygen atoms in total. The van der Waals surface area contributed by atoms with Crippen molar-refractivity contribution in [2.75, 3.05) is 19.8 Å². The number of aliphatic hydroxyl groups is 1. The fourth-order valence-corrected chi connectivity index (χ4v) is 3.34. The Labute approximate surface area is 119 Å². The summed E-state index contributed by atoms with van der Waals surface area (Å²) in [6.45, 7) is 0.904. The van der Waals surface area contributed by atoms with E-state index < -0.39 is 10.0 Å². The molecule has 6 heteroatoms. The first kappa shape index (κ1) is 15.0. The SMILES string of the molecule is O=S(=O)(NC1CCOCC1)c1cccc(C#CCO)c1. The highest BCUT2D eigenvalue weighted by Crippen LogP contribution is 2.14. The summed E-state index contributed by atoms with van der Waals surface area (Å²) < 4.78 is 32.4. The van der Waals surface area contributed by atoms with E-state index >= 15 is 0 Å². The summed E-state index contributed by atoms with van der Waals surface area (Å²) >= 11 is 0. The Morgan fingerprint density at radius 3 is 2.80 bits per heavy atom. The van der Waals surface area contributed by atoms with Crippen LogP contribution in [0.1, 0.15) is 18.4 Å². The average molecular weight is 295 g/mol. The van der Waals surface area contributed by atoms with Gasteiger partial charge in [-0.15, -0.1) is 0 Å². The monoisotopic (exact) mass is 295 g/mol. The van der Waals surface area contributed by atoms with Crippen LogP contribution in [-0.2, 0) is 14.8 Å². The quantitative estimate of drug-likeness (QED) is 0.796. The van der Waals surface area contributed by atoms with Crippen molar-refractivity contribution in [1.82, 2.24) is 4.72 Å². The number of hydrogen-bond acceptors (Lipinski definition) is 4. The fourth-order valence-electron chi connectivity index (χ4n) is 1.99. The molecule has 2 N–H and O–H groups in total. The lowest BCUT2D eigenvalue weighted by molar-refractivity contribution is 0.0832. The van der Waals surface area contributed by atoms with Crippen LogP contribution >= 0.6 is 0 Å². The molecule has 1 aromatic carbocycles. The number of benzene rings is 1. The van der Waals surface area contributed by atoms with E-state index in [2.05, 4.69) is 16.6 Å². The van der Waals surface area contributed by atoms with Crippen molar-refractivity contribution < 1.29 is 18.3 Å². The minimum absolute atomic E-state index is 0.0825. The summed E-state index contributed by atoms with van der Waals surface area (Å²) in [6.07, 6.45) is 1.37. The lowest BCUT2D eigenvalue weighted by Gasteiger charge is -2.22. The van der Waals surface area contributed by atoms with Crippen LogP contribution in [0.25, 0.3) is 0 Å². The first-order valence-corrected chi connectivity index (χ1v) is 7.90. The zero-order valence-electron chi connectivity index (χ0n) is 11.0. The zero-order chi connectivity index (χ0) is 14.4. The molecular weight excluding hydrogens is 278 g/mol. The van der Waals surface area contributed by atoms with E-state index in [1.807, 2.05) is 0 Å². The minimum Gasteiger partial charge on any atom is -0.384 e. The van der Waals surface area contributed by atoms with Gasteiger partial charge in [0.1, 0.15) is 6.61 Å². The van der Waals surface area contributed by atoms with Crippen LogP contribution in [0.2, 0.25) is 0 Å². The van der Waals surface area contributed by atoms with E-state index in [0.29, 0.717) is 31.6 Å². The average Bonchev–Trinajstić information content (AvgIpc) is 2.46. The molecule has 1 heterocycles. The smallest absolute Gasteiger partial charge is 0.240 e. The van der Waals surface area contributed by atoms with Crippen molar-refractivity contribution >= 4 is 10.0 Å². The van der Waals surface area contributed by atoms with Crippen molar-refractivity contribution in [2.45, 2.75) is 23.8 Å². The van der Waals surface area contributed by atoms with Crippen molar-refractivity contribution in [3.8, 4) is 11.8 Å². The van der Waals surface area contributed by atoms with E-state index in [0.717, 1.165) is 0 Å². The molecular formula is C14H17NO4S. The molecule has 1 saturated heterocycles.